The van der Waals surface area contributed by atoms with Crippen molar-refractivity contribution in [2.45, 2.75) is 5.92 Å². The zero-order valence-corrected chi connectivity index (χ0v) is 12.1. The second-order valence-electron chi connectivity index (χ2n) is 4.93. The van der Waals surface area contributed by atoms with Gasteiger partial charge in [0.2, 0.25) is 5.88 Å². The van der Waals surface area contributed by atoms with Crippen LogP contribution < -0.4 is 5.73 Å². The molecule has 0 aliphatic carbocycles. The van der Waals surface area contributed by atoms with E-state index in [0.29, 0.717) is 11.3 Å². The Morgan fingerprint density at radius 1 is 0.957 bits per heavy atom. The van der Waals surface area contributed by atoms with Gasteiger partial charge in [-0.3, -0.25) is 4.98 Å². The van der Waals surface area contributed by atoms with Crippen LogP contribution in [0.15, 0.2) is 71.9 Å². The van der Waals surface area contributed by atoms with Gasteiger partial charge in [-0.1, -0.05) is 30.3 Å². The third-order valence-corrected chi connectivity index (χ3v) is 3.62. The summed E-state index contributed by atoms with van der Waals surface area (Å²) in [4.78, 5) is 3.98. The number of aromatic nitrogens is 1. The lowest BCUT2D eigenvalue weighted by atomic mass is 9.83. The van der Waals surface area contributed by atoms with E-state index < -0.39 is 5.92 Å². The molecular formula is C18H12N4O. The fourth-order valence-corrected chi connectivity index (χ4v) is 2.57. The number of rotatable bonds is 2. The fourth-order valence-electron chi connectivity index (χ4n) is 2.57. The number of hydrogen-bond donors (Lipinski definition) is 1. The van der Waals surface area contributed by atoms with Crippen molar-refractivity contribution in [2.75, 3.05) is 0 Å². The summed E-state index contributed by atoms with van der Waals surface area (Å²) >= 11 is 0. The molecule has 1 aliphatic rings. The lowest BCUT2D eigenvalue weighted by Crippen LogP contribution is -2.20. The Bertz CT molecular complexity index is 871. The topological polar surface area (TPSA) is 95.7 Å². The molecule has 5 nitrogen and oxygen atoms in total. The molecule has 0 radical (unpaired) electrons. The number of nitrogens with two attached hydrogens (primary N) is 1. The standard InChI is InChI=1S/C18H12N4O/c19-10-14-16(12-6-8-22-9-7-12)15(11-20)18(21)23-17(14)13-4-2-1-3-5-13/h1-9,16H,21H2. The minimum Gasteiger partial charge on any atom is -0.439 e. The van der Waals surface area contributed by atoms with Gasteiger partial charge in [-0.05, 0) is 17.7 Å². The van der Waals surface area contributed by atoms with Crippen molar-refractivity contribution < 1.29 is 4.74 Å². The molecule has 0 bridgehead atoms. The van der Waals surface area contributed by atoms with E-state index in [9.17, 15) is 10.5 Å². The van der Waals surface area contributed by atoms with Gasteiger partial charge in [0.1, 0.15) is 11.6 Å². The van der Waals surface area contributed by atoms with Crippen LogP contribution in [0.3, 0.4) is 0 Å². The average Bonchev–Trinajstić information content (AvgIpc) is 2.62. The zero-order valence-electron chi connectivity index (χ0n) is 12.1. The van der Waals surface area contributed by atoms with Gasteiger partial charge in [-0.2, -0.15) is 10.5 Å². The number of nitrogens with zero attached hydrogens (tertiary/aromatic N) is 3. The zero-order chi connectivity index (χ0) is 16.2. The summed E-state index contributed by atoms with van der Waals surface area (Å²) in [7, 11) is 0. The van der Waals surface area contributed by atoms with Gasteiger partial charge in [0.05, 0.1) is 17.6 Å². The Hall–Kier alpha value is -3.57. The van der Waals surface area contributed by atoms with Gasteiger partial charge >= 0.3 is 0 Å². The number of ether oxygens (including phenoxy) is 1. The highest BCUT2D eigenvalue weighted by molar-refractivity contribution is 5.73. The van der Waals surface area contributed by atoms with Crippen LogP contribution in [0.5, 0.6) is 0 Å². The van der Waals surface area contributed by atoms with Crippen LogP contribution in [0.4, 0.5) is 0 Å². The summed E-state index contributed by atoms with van der Waals surface area (Å²) in [5.41, 5.74) is 8.03. The Kier molecular flexibility index (Phi) is 3.78. The number of nitriles is 2. The number of hydrogen-bond acceptors (Lipinski definition) is 5. The van der Waals surface area contributed by atoms with Gasteiger partial charge < -0.3 is 10.5 Å². The van der Waals surface area contributed by atoms with Crippen molar-refractivity contribution in [3.63, 3.8) is 0 Å². The monoisotopic (exact) mass is 300 g/mol. The third kappa shape index (κ3) is 2.52. The van der Waals surface area contributed by atoms with Crippen molar-refractivity contribution in [1.82, 2.24) is 4.98 Å². The number of pyridine rings is 1. The molecule has 3 rings (SSSR count). The van der Waals surface area contributed by atoms with Crippen molar-refractivity contribution in [2.24, 2.45) is 5.73 Å². The van der Waals surface area contributed by atoms with E-state index >= 15 is 0 Å². The van der Waals surface area contributed by atoms with Gasteiger partial charge in [-0.15, -0.1) is 0 Å². The first kappa shape index (κ1) is 14.4. The van der Waals surface area contributed by atoms with E-state index in [0.717, 1.165) is 11.1 Å². The highest BCUT2D eigenvalue weighted by Gasteiger charge is 2.33. The summed E-state index contributed by atoms with van der Waals surface area (Å²) in [6.45, 7) is 0. The Morgan fingerprint density at radius 3 is 2.22 bits per heavy atom. The first-order chi connectivity index (χ1) is 11.3. The largest absolute Gasteiger partial charge is 0.439 e. The molecule has 110 valence electrons. The first-order valence-corrected chi connectivity index (χ1v) is 6.93. The predicted octanol–water partition coefficient (Wildman–Crippen LogP) is 2.82. The highest BCUT2D eigenvalue weighted by Crippen LogP contribution is 2.41. The molecule has 2 heterocycles. The summed E-state index contributed by atoms with van der Waals surface area (Å²) in [6, 6.07) is 17.0. The van der Waals surface area contributed by atoms with Crippen molar-refractivity contribution in [3.8, 4) is 12.1 Å². The molecule has 23 heavy (non-hydrogen) atoms. The average molecular weight is 300 g/mol. The SMILES string of the molecule is N#CC1=C(N)OC(c2ccccc2)=C(C#N)C1c1ccncc1. The lowest BCUT2D eigenvalue weighted by molar-refractivity contribution is 0.357. The lowest BCUT2D eigenvalue weighted by Gasteiger charge is -2.25. The summed E-state index contributed by atoms with van der Waals surface area (Å²) in [6.07, 6.45) is 3.24. The van der Waals surface area contributed by atoms with Gasteiger partial charge in [0.15, 0.2) is 5.76 Å². The minimum atomic E-state index is -0.558. The van der Waals surface area contributed by atoms with Crippen LogP contribution in [-0.2, 0) is 4.74 Å². The maximum atomic E-state index is 9.68. The van der Waals surface area contributed by atoms with Crippen LogP contribution in [0.2, 0.25) is 0 Å². The molecule has 1 unspecified atom stereocenters. The Balaban J connectivity index is 2.23. The van der Waals surface area contributed by atoms with Crippen LogP contribution in [0.1, 0.15) is 17.0 Å². The molecule has 2 aromatic rings. The predicted molar refractivity (Wildman–Crippen MR) is 83.9 cm³/mol. The number of benzene rings is 1. The molecule has 0 saturated heterocycles. The third-order valence-electron chi connectivity index (χ3n) is 3.62. The molecule has 1 aromatic heterocycles. The van der Waals surface area contributed by atoms with Crippen LogP contribution >= 0.6 is 0 Å². The molecule has 0 fully saturated rings. The van der Waals surface area contributed by atoms with Crippen molar-refractivity contribution in [1.29, 1.82) is 10.5 Å². The Labute approximate surface area is 133 Å². The molecule has 0 amide bonds. The highest BCUT2D eigenvalue weighted by atomic mass is 16.5. The molecule has 5 heteroatoms. The molecule has 1 aliphatic heterocycles. The molecule has 0 saturated carbocycles. The van der Waals surface area contributed by atoms with Gasteiger partial charge in [-0.25, -0.2) is 0 Å². The van der Waals surface area contributed by atoms with E-state index in [-0.39, 0.29) is 11.5 Å². The van der Waals surface area contributed by atoms with Gasteiger partial charge in [0, 0.05) is 18.0 Å². The van der Waals surface area contributed by atoms with Crippen LogP contribution in [0.25, 0.3) is 5.76 Å². The van der Waals surface area contributed by atoms with Gasteiger partial charge in [0.25, 0.3) is 0 Å². The van der Waals surface area contributed by atoms with Crippen molar-refractivity contribution in [3.05, 3.63) is 83.0 Å². The fraction of sp³-hybridized carbons (Fsp3) is 0.0556. The maximum absolute atomic E-state index is 9.68. The second-order valence-corrected chi connectivity index (χ2v) is 4.93. The first-order valence-electron chi connectivity index (χ1n) is 6.93. The van der Waals surface area contributed by atoms with Crippen LogP contribution in [-0.4, -0.2) is 4.98 Å². The van der Waals surface area contributed by atoms with E-state index in [2.05, 4.69) is 17.1 Å². The van der Waals surface area contributed by atoms with E-state index in [1.54, 1.807) is 24.5 Å². The molecule has 2 N–H and O–H groups in total. The maximum Gasteiger partial charge on any atom is 0.205 e. The van der Waals surface area contributed by atoms with E-state index in [1.807, 2.05) is 30.3 Å². The summed E-state index contributed by atoms with van der Waals surface area (Å²) < 4.78 is 5.61. The summed E-state index contributed by atoms with van der Waals surface area (Å²) in [5, 5.41) is 19.1. The normalized spacial score (nSPS) is 17.2. The van der Waals surface area contributed by atoms with E-state index in [1.165, 1.54) is 0 Å². The molecular weight excluding hydrogens is 288 g/mol. The smallest absolute Gasteiger partial charge is 0.205 e. The molecule has 1 atom stereocenters. The summed E-state index contributed by atoms with van der Waals surface area (Å²) in [5.74, 6) is -0.157. The molecule has 0 spiro atoms. The van der Waals surface area contributed by atoms with Crippen LogP contribution in [0, 0.1) is 22.7 Å². The number of allylic oxidation sites excluding steroid dienone is 2. The second kappa shape index (κ2) is 6.05. The molecule has 1 aromatic carbocycles. The minimum absolute atomic E-state index is 0.0205. The Morgan fingerprint density at radius 2 is 1.61 bits per heavy atom. The van der Waals surface area contributed by atoms with E-state index in [4.69, 9.17) is 10.5 Å². The quantitative estimate of drug-likeness (QED) is 0.920. The van der Waals surface area contributed by atoms with Crippen molar-refractivity contribution >= 4 is 5.76 Å².